The monoisotopic (exact) mass is 303 g/mol. The molecule has 0 saturated heterocycles. The Bertz CT molecular complexity index is 714. The van der Waals surface area contributed by atoms with E-state index in [9.17, 15) is 9.18 Å². The van der Waals surface area contributed by atoms with Crippen LogP contribution in [0.15, 0.2) is 30.9 Å². The van der Waals surface area contributed by atoms with E-state index in [0.717, 1.165) is 6.20 Å². The number of aromatic nitrogens is 3. The van der Waals surface area contributed by atoms with E-state index in [1.807, 2.05) is 0 Å². The average molecular weight is 303 g/mol. The van der Waals surface area contributed by atoms with Crippen LogP contribution >= 0.6 is 0 Å². The Morgan fingerprint density at radius 3 is 2.64 bits per heavy atom. The number of ether oxygens (including phenoxy) is 1. The summed E-state index contributed by atoms with van der Waals surface area (Å²) in [6.45, 7) is 5.34. The first kappa shape index (κ1) is 15.9. The third-order valence-electron chi connectivity index (χ3n) is 2.73. The zero-order chi connectivity index (χ0) is 16.3. The van der Waals surface area contributed by atoms with Crippen molar-refractivity contribution in [1.29, 1.82) is 0 Å². The fourth-order valence-electron chi connectivity index (χ4n) is 1.92. The molecule has 0 aliphatic carbocycles. The lowest BCUT2D eigenvalue weighted by molar-refractivity contribution is -0.148. The number of hydrogen-bond donors (Lipinski definition) is 0. The minimum atomic E-state index is -0.576. The predicted octanol–water partition coefficient (Wildman–Crippen LogP) is 2.98. The van der Waals surface area contributed by atoms with E-state index in [0.29, 0.717) is 16.7 Å². The quantitative estimate of drug-likeness (QED) is 0.646. The van der Waals surface area contributed by atoms with Gasteiger partial charge in [-0.2, -0.15) is 5.10 Å². The van der Waals surface area contributed by atoms with Crippen molar-refractivity contribution in [2.24, 2.45) is 7.05 Å². The van der Waals surface area contributed by atoms with Crippen molar-refractivity contribution in [1.82, 2.24) is 14.8 Å². The lowest BCUT2D eigenvalue weighted by atomic mass is 10.0. The third-order valence-corrected chi connectivity index (χ3v) is 2.73. The highest BCUT2D eigenvalue weighted by Gasteiger charge is 2.15. The maximum absolute atomic E-state index is 14.1. The predicted molar refractivity (Wildman–Crippen MR) is 81.3 cm³/mol. The van der Waals surface area contributed by atoms with Crippen LogP contribution < -0.4 is 0 Å². The second-order valence-electron chi connectivity index (χ2n) is 5.86. The van der Waals surface area contributed by atoms with Gasteiger partial charge in [0.1, 0.15) is 11.4 Å². The summed E-state index contributed by atoms with van der Waals surface area (Å²) in [5.74, 6) is -0.965. The number of pyridine rings is 1. The summed E-state index contributed by atoms with van der Waals surface area (Å²) in [4.78, 5) is 15.6. The van der Waals surface area contributed by atoms with Crippen LogP contribution in [0.25, 0.3) is 17.2 Å². The molecule has 22 heavy (non-hydrogen) atoms. The summed E-state index contributed by atoms with van der Waals surface area (Å²) < 4.78 is 20.9. The summed E-state index contributed by atoms with van der Waals surface area (Å²) in [5.41, 5.74) is 0.876. The van der Waals surface area contributed by atoms with Gasteiger partial charge >= 0.3 is 5.97 Å². The van der Waals surface area contributed by atoms with Crippen molar-refractivity contribution in [3.05, 3.63) is 42.2 Å². The standard InChI is InChI=1S/C16H18FN3O2/c1-16(2,3)22-14(21)6-5-11-7-18-9-13(17)15(11)12-8-19-20(4)10-12/h5-10H,1-4H3/b6-5+. The summed E-state index contributed by atoms with van der Waals surface area (Å²) >= 11 is 0. The largest absolute Gasteiger partial charge is 0.457 e. The smallest absolute Gasteiger partial charge is 0.331 e. The number of carbonyl (C=O) groups is 1. The Balaban J connectivity index is 2.32. The highest BCUT2D eigenvalue weighted by molar-refractivity contribution is 5.89. The molecule has 5 nitrogen and oxygen atoms in total. The Kier molecular flexibility index (Phi) is 4.40. The molecule has 2 aromatic rings. The van der Waals surface area contributed by atoms with E-state index in [-0.39, 0.29) is 0 Å². The lowest BCUT2D eigenvalue weighted by Gasteiger charge is -2.17. The van der Waals surface area contributed by atoms with Crippen molar-refractivity contribution < 1.29 is 13.9 Å². The fraction of sp³-hybridized carbons (Fsp3) is 0.312. The summed E-state index contributed by atoms with van der Waals surface area (Å²) in [7, 11) is 1.75. The summed E-state index contributed by atoms with van der Waals surface area (Å²) in [6.07, 6.45) is 8.64. The number of carbonyl (C=O) groups excluding carboxylic acids is 1. The summed E-state index contributed by atoms with van der Waals surface area (Å²) in [6, 6.07) is 0. The second-order valence-corrected chi connectivity index (χ2v) is 5.86. The van der Waals surface area contributed by atoms with E-state index in [1.165, 1.54) is 18.3 Å². The number of aryl methyl sites for hydroxylation is 1. The van der Waals surface area contributed by atoms with Crippen molar-refractivity contribution >= 4 is 12.0 Å². The van der Waals surface area contributed by atoms with Gasteiger partial charge in [-0.1, -0.05) is 0 Å². The fourth-order valence-corrected chi connectivity index (χ4v) is 1.92. The Morgan fingerprint density at radius 1 is 1.32 bits per heavy atom. The van der Waals surface area contributed by atoms with Crippen LogP contribution in [0.1, 0.15) is 26.3 Å². The van der Waals surface area contributed by atoms with Gasteiger partial charge in [-0.3, -0.25) is 9.67 Å². The van der Waals surface area contributed by atoms with E-state index >= 15 is 0 Å². The zero-order valence-electron chi connectivity index (χ0n) is 13.0. The molecule has 0 aliphatic heterocycles. The molecule has 0 fully saturated rings. The van der Waals surface area contributed by atoms with Crippen molar-refractivity contribution in [3.63, 3.8) is 0 Å². The van der Waals surface area contributed by atoms with Crippen LogP contribution in [0.2, 0.25) is 0 Å². The molecule has 116 valence electrons. The minimum Gasteiger partial charge on any atom is -0.457 e. The highest BCUT2D eigenvalue weighted by atomic mass is 19.1. The van der Waals surface area contributed by atoms with Gasteiger partial charge in [0.15, 0.2) is 0 Å². The van der Waals surface area contributed by atoms with E-state index in [2.05, 4.69) is 10.1 Å². The molecule has 0 amide bonds. The van der Waals surface area contributed by atoms with Crippen LogP contribution in [0.4, 0.5) is 4.39 Å². The topological polar surface area (TPSA) is 57.0 Å². The molecular weight excluding hydrogens is 285 g/mol. The zero-order valence-corrected chi connectivity index (χ0v) is 13.0. The van der Waals surface area contributed by atoms with Crippen LogP contribution in [0.3, 0.4) is 0 Å². The van der Waals surface area contributed by atoms with Crippen LogP contribution in [0.5, 0.6) is 0 Å². The van der Waals surface area contributed by atoms with Crippen molar-refractivity contribution in [2.45, 2.75) is 26.4 Å². The van der Waals surface area contributed by atoms with Gasteiger partial charge in [-0.15, -0.1) is 0 Å². The molecule has 2 heterocycles. The molecule has 0 N–H and O–H groups in total. The molecule has 2 rings (SSSR count). The number of esters is 1. The van der Waals surface area contributed by atoms with Gasteiger partial charge < -0.3 is 4.74 Å². The summed E-state index contributed by atoms with van der Waals surface area (Å²) in [5, 5.41) is 4.03. The van der Waals surface area contributed by atoms with Gasteiger partial charge in [-0.05, 0) is 26.8 Å². The first-order valence-corrected chi connectivity index (χ1v) is 6.80. The normalized spacial score (nSPS) is 11.9. The molecule has 0 spiro atoms. The number of nitrogens with zero attached hydrogens (tertiary/aromatic N) is 3. The van der Waals surface area contributed by atoms with E-state index < -0.39 is 17.4 Å². The molecule has 0 aliphatic rings. The first-order valence-electron chi connectivity index (χ1n) is 6.80. The van der Waals surface area contributed by atoms with Gasteiger partial charge in [0.25, 0.3) is 0 Å². The molecule has 0 atom stereocenters. The van der Waals surface area contributed by atoms with Crippen molar-refractivity contribution in [3.8, 4) is 11.1 Å². The molecule has 0 saturated carbocycles. The molecule has 6 heteroatoms. The number of hydrogen-bond acceptors (Lipinski definition) is 4. The van der Waals surface area contributed by atoms with Crippen LogP contribution in [0, 0.1) is 5.82 Å². The number of rotatable bonds is 3. The molecular formula is C16H18FN3O2. The lowest BCUT2D eigenvalue weighted by Crippen LogP contribution is -2.22. The maximum Gasteiger partial charge on any atom is 0.331 e. The minimum absolute atomic E-state index is 0.350. The Labute approximate surface area is 128 Å². The van der Waals surface area contributed by atoms with Gasteiger partial charge in [0.05, 0.1) is 12.4 Å². The molecule has 2 aromatic heterocycles. The molecule has 0 unspecified atom stereocenters. The van der Waals surface area contributed by atoms with Gasteiger partial charge in [0.2, 0.25) is 0 Å². The number of halogens is 1. The molecule has 0 aromatic carbocycles. The SMILES string of the molecule is Cn1cc(-c2c(F)cncc2/C=C/C(=O)OC(C)(C)C)cn1. The van der Waals surface area contributed by atoms with Crippen LogP contribution in [-0.2, 0) is 16.6 Å². The van der Waals surface area contributed by atoms with Crippen LogP contribution in [-0.4, -0.2) is 26.3 Å². The van der Waals surface area contributed by atoms with Gasteiger partial charge in [-0.25, -0.2) is 9.18 Å². The first-order chi connectivity index (χ1) is 10.3. The Hall–Kier alpha value is -2.50. The third kappa shape index (κ3) is 4.00. The second kappa shape index (κ2) is 6.09. The maximum atomic E-state index is 14.1. The van der Waals surface area contributed by atoms with E-state index in [1.54, 1.807) is 44.9 Å². The Morgan fingerprint density at radius 2 is 2.05 bits per heavy atom. The molecule has 0 bridgehead atoms. The van der Waals surface area contributed by atoms with E-state index in [4.69, 9.17) is 4.74 Å². The van der Waals surface area contributed by atoms with Crippen molar-refractivity contribution in [2.75, 3.05) is 0 Å². The average Bonchev–Trinajstić information content (AvgIpc) is 2.80. The van der Waals surface area contributed by atoms with Gasteiger partial charge in [0, 0.05) is 42.2 Å². The highest BCUT2D eigenvalue weighted by Crippen LogP contribution is 2.26. The molecule has 0 radical (unpaired) electrons.